The summed E-state index contributed by atoms with van der Waals surface area (Å²) in [6.45, 7) is 18.9. The molecule has 0 fully saturated rings. The fraction of sp³-hybridized carbons (Fsp3) is 0.862. The predicted molar refractivity (Wildman–Crippen MR) is 159 cm³/mol. The van der Waals surface area contributed by atoms with Gasteiger partial charge < -0.3 is 48.5 Å². The van der Waals surface area contributed by atoms with E-state index in [9.17, 15) is 9.59 Å². The van der Waals surface area contributed by atoms with Crippen molar-refractivity contribution in [3.05, 3.63) is 0 Å². The summed E-state index contributed by atoms with van der Waals surface area (Å²) in [6, 6.07) is 0. The second kappa shape index (κ2) is 25.3. The average molecular weight is 606 g/mol. The molecule has 2 N–H and O–H groups in total. The molecule has 0 aromatic carbocycles. The van der Waals surface area contributed by atoms with Gasteiger partial charge in [0, 0.05) is 32.7 Å². The standard InChI is InChI=1S/C29H55N3O10/c1-8-14-35-20-22-39-24-25-40-23-21-38-19-13-32(11-17-36-15-9-30-26(33)41-28(2,3)4)12-18-37-16-10-31-27(34)42-29(5,6)7/h1H,9-25H2,2-7H3,(H,30,33)(H,31,34). The number of carbonyl (C=O) groups is 2. The van der Waals surface area contributed by atoms with Crippen molar-refractivity contribution in [2.45, 2.75) is 52.7 Å². The lowest BCUT2D eigenvalue weighted by atomic mass is 10.2. The zero-order valence-electron chi connectivity index (χ0n) is 26.6. The molecule has 0 rings (SSSR count). The molecule has 0 aromatic rings. The van der Waals surface area contributed by atoms with Crippen molar-refractivity contribution >= 4 is 12.2 Å². The summed E-state index contributed by atoms with van der Waals surface area (Å²) < 4.78 is 43.5. The van der Waals surface area contributed by atoms with Crippen molar-refractivity contribution in [2.75, 3.05) is 112 Å². The Hall–Kier alpha value is -2.18. The Balaban J connectivity index is 4.14. The molecule has 0 heterocycles. The van der Waals surface area contributed by atoms with Gasteiger partial charge in [0.25, 0.3) is 0 Å². The molecule has 42 heavy (non-hydrogen) atoms. The molecular weight excluding hydrogens is 550 g/mol. The highest BCUT2D eigenvalue weighted by molar-refractivity contribution is 5.67. The Morgan fingerprint density at radius 1 is 0.571 bits per heavy atom. The van der Waals surface area contributed by atoms with Gasteiger partial charge in [0.1, 0.15) is 17.8 Å². The average Bonchev–Trinajstić information content (AvgIpc) is 2.88. The van der Waals surface area contributed by atoms with Gasteiger partial charge >= 0.3 is 12.2 Å². The van der Waals surface area contributed by atoms with Gasteiger partial charge in [-0.1, -0.05) is 5.92 Å². The maximum Gasteiger partial charge on any atom is 0.407 e. The highest BCUT2D eigenvalue weighted by Gasteiger charge is 2.16. The summed E-state index contributed by atoms with van der Waals surface area (Å²) >= 11 is 0. The Bertz CT molecular complexity index is 680. The first-order chi connectivity index (χ1) is 19.9. The minimum absolute atomic E-state index is 0.287. The van der Waals surface area contributed by atoms with Crippen LogP contribution in [-0.4, -0.2) is 140 Å². The van der Waals surface area contributed by atoms with E-state index in [0.29, 0.717) is 105 Å². The zero-order chi connectivity index (χ0) is 31.5. The Labute approximate surface area is 252 Å². The van der Waals surface area contributed by atoms with E-state index >= 15 is 0 Å². The van der Waals surface area contributed by atoms with Gasteiger partial charge in [-0.3, -0.25) is 4.90 Å². The van der Waals surface area contributed by atoms with Crippen LogP contribution >= 0.6 is 0 Å². The zero-order valence-corrected chi connectivity index (χ0v) is 26.6. The first-order valence-corrected chi connectivity index (χ1v) is 14.5. The van der Waals surface area contributed by atoms with Crippen molar-refractivity contribution in [2.24, 2.45) is 0 Å². The molecule has 0 aliphatic carbocycles. The largest absolute Gasteiger partial charge is 0.444 e. The molecule has 0 aromatic heterocycles. The fourth-order valence-electron chi connectivity index (χ4n) is 2.99. The monoisotopic (exact) mass is 605 g/mol. The van der Waals surface area contributed by atoms with E-state index in [0.717, 1.165) is 0 Å². The van der Waals surface area contributed by atoms with Crippen molar-refractivity contribution in [1.29, 1.82) is 0 Å². The van der Waals surface area contributed by atoms with Crippen molar-refractivity contribution in [1.82, 2.24) is 15.5 Å². The third-order valence-corrected chi connectivity index (χ3v) is 4.79. The number of ether oxygens (including phenoxy) is 8. The molecule has 0 spiro atoms. The van der Waals surface area contributed by atoms with E-state index in [4.69, 9.17) is 44.3 Å². The predicted octanol–water partition coefficient (Wildman–Crippen LogP) is 2.07. The molecule has 0 atom stereocenters. The van der Waals surface area contributed by atoms with E-state index in [2.05, 4.69) is 21.5 Å². The number of nitrogens with one attached hydrogen (secondary N) is 2. The Morgan fingerprint density at radius 2 is 0.905 bits per heavy atom. The number of rotatable bonds is 25. The van der Waals surface area contributed by atoms with E-state index in [-0.39, 0.29) is 6.61 Å². The van der Waals surface area contributed by atoms with Crippen LogP contribution in [0.25, 0.3) is 0 Å². The Kier molecular flexibility index (Phi) is 24.0. The molecule has 13 nitrogen and oxygen atoms in total. The third-order valence-electron chi connectivity index (χ3n) is 4.79. The van der Waals surface area contributed by atoms with Gasteiger partial charge in [0.15, 0.2) is 0 Å². The SMILES string of the molecule is C#CCOCCOCCOCCOCCN(CCOCCNC(=O)OC(C)(C)C)CCOCCNC(=O)OC(C)(C)C. The molecule has 0 radical (unpaired) electrons. The first kappa shape index (κ1) is 39.8. The maximum absolute atomic E-state index is 11.7. The van der Waals surface area contributed by atoms with E-state index in [1.54, 1.807) is 0 Å². The van der Waals surface area contributed by atoms with E-state index < -0.39 is 23.4 Å². The van der Waals surface area contributed by atoms with Crippen LogP contribution in [0.15, 0.2) is 0 Å². The van der Waals surface area contributed by atoms with Gasteiger partial charge in [-0.15, -0.1) is 6.42 Å². The van der Waals surface area contributed by atoms with Crippen LogP contribution in [-0.2, 0) is 37.9 Å². The van der Waals surface area contributed by atoms with Crippen LogP contribution in [0.3, 0.4) is 0 Å². The summed E-state index contributed by atoms with van der Waals surface area (Å²) in [6.07, 6.45) is 4.17. The summed E-state index contributed by atoms with van der Waals surface area (Å²) in [5.41, 5.74) is -1.08. The van der Waals surface area contributed by atoms with Gasteiger partial charge in [-0.05, 0) is 41.5 Å². The molecule has 13 heteroatoms. The summed E-state index contributed by atoms with van der Waals surface area (Å²) in [4.78, 5) is 25.6. The minimum Gasteiger partial charge on any atom is -0.444 e. The number of amides is 2. The molecule has 0 bridgehead atoms. The molecule has 0 saturated heterocycles. The molecular formula is C29H55N3O10. The van der Waals surface area contributed by atoms with Crippen molar-refractivity contribution in [3.63, 3.8) is 0 Å². The van der Waals surface area contributed by atoms with Crippen LogP contribution in [0.1, 0.15) is 41.5 Å². The smallest absolute Gasteiger partial charge is 0.407 e. The summed E-state index contributed by atoms with van der Waals surface area (Å²) in [5.74, 6) is 2.40. The van der Waals surface area contributed by atoms with Gasteiger partial charge in [-0.25, -0.2) is 9.59 Å². The number of nitrogens with zero attached hydrogens (tertiary/aromatic N) is 1. The molecule has 0 saturated carbocycles. The van der Waals surface area contributed by atoms with Gasteiger partial charge in [-0.2, -0.15) is 0 Å². The van der Waals surface area contributed by atoms with Crippen LogP contribution in [0.5, 0.6) is 0 Å². The number of hydrogen-bond acceptors (Lipinski definition) is 11. The van der Waals surface area contributed by atoms with Crippen molar-refractivity contribution in [3.8, 4) is 12.3 Å². The number of alkyl carbamates (subject to hydrolysis) is 2. The van der Waals surface area contributed by atoms with Crippen LogP contribution in [0.2, 0.25) is 0 Å². The van der Waals surface area contributed by atoms with E-state index in [1.165, 1.54) is 0 Å². The Morgan fingerprint density at radius 3 is 1.26 bits per heavy atom. The summed E-state index contributed by atoms with van der Waals surface area (Å²) in [5, 5.41) is 5.34. The number of hydrogen-bond donors (Lipinski definition) is 2. The topological polar surface area (TPSA) is 135 Å². The lowest BCUT2D eigenvalue weighted by molar-refractivity contribution is -0.00322. The number of terminal acetylenes is 1. The molecule has 0 aliphatic rings. The number of carbonyl (C=O) groups excluding carboxylic acids is 2. The van der Waals surface area contributed by atoms with E-state index in [1.807, 2.05) is 41.5 Å². The minimum atomic E-state index is -0.541. The normalized spacial score (nSPS) is 11.8. The summed E-state index contributed by atoms with van der Waals surface area (Å²) in [7, 11) is 0. The van der Waals surface area contributed by atoms with Crippen molar-refractivity contribution < 1.29 is 47.5 Å². The second-order valence-electron chi connectivity index (χ2n) is 11.0. The van der Waals surface area contributed by atoms with Gasteiger partial charge in [0.2, 0.25) is 0 Å². The fourth-order valence-corrected chi connectivity index (χ4v) is 2.99. The molecule has 2 amide bonds. The van der Waals surface area contributed by atoms with Crippen LogP contribution < -0.4 is 10.6 Å². The quantitative estimate of drug-likeness (QED) is 0.117. The molecule has 246 valence electrons. The molecule has 0 unspecified atom stereocenters. The highest BCUT2D eigenvalue weighted by atomic mass is 16.6. The third kappa shape index (κ3) is 30.8. The van der Waals surface area contributed by atoms with Gasteiger partial charge in [0.05, 0.1) is 72.7 Å². The second-order valence-corrected chi connectivity index (χ2v) is 11.0. The highest BCUT2D eigenvalue weighted by Crippen LogP contribution is 2.06. The van der Waals surface area contributed by atoms with Crippen LogP contribution in [0, 0.1) is 12.3 Å². The maximum atomic E-state index is 11.7. The first-order valence-electron chi connectivity index (χ1n) is 14.5. The lowest BCUT2D eigenvalue weighted by Crippen LogP contribution is -2.36. The van der Waals surface area contributed by atoms with Crippen LogP contribution in [0.4, 0.5) is 9.59 Å². The lowest BCUT2D eigenvalue weighted by Gasteiger charge is -2.22. The molecule has 0 aliphatic heterocycles.